The lowest BCUT2D eigenvalue weighted by Crippen LogP contribution is -2.03. The van der Waals surface area contributed by atoms with Gasteiger partial charge in [-0.15, -0.1) is 0 Å². The van der Waals surface area contributed by atoms with E-state index in [-0.39, 0.29) is 0 Å². The minimum atomic E-state index is 0.770. The SMILES string of the molecule is CC1=CCCC(c2ccccc2)C1. The van der Waals surface area contributed by atoms with Crippen molar-refractivity contribution >= 4 is 0 Å². The average Bonchev–Trinajstić information content (AvgIpc) is 2.19. The minimum absolute atomic E-state index is 0.770. The first-order valence-electron chi connectivity index (χ1n) is 5.07. The van der Waals surface area contributed by atoms with Gasteiger partial charge >= 0.3 is 0 Å². The van der Waals surface area contributed by atoms with Gasteiger partial charge in [-0.25, -0.2) is 0 Å². The molecule has 1 unspecified atom stereocenters. The van der Waals surface area contributed by atoms with Crippen LogP contribution in [0.25, 0.3) is 0 Å². The zero-order valence-electron chi connectivity index (χ0n) is 8.16. The third-order valence-corrected chi connectivity index (χ3v) is 2.85. The molecular formula is C13H16. The predicted molar refractivity (Wildman–Crippen MR) is 56.8 cm³/mol. The first kappa shape index (κ1) is 8.55. The van der Waals surface area contributed by atoms with E-state index in [0.29, 0.717) is 0 Å². The van der Waals surface area contributed by atoms with Crippen LogP contribution in [-0.4, -0.2) is 0 Å². The Bertz CT molecular complexity index is 295. The number of hydrogen-bond donors (Lipinski definition) is 0. The molecule has 0 amide bonds. The van der Waals surface area contributed by atoms with Gasteiger partial charge in [-0.3, -0.25) is 0 Å². The molecule has 0 radical (unpaired) electrons. The summed E-state index contributed by atoms with van der Waals surface area (Å²) in [5.74, 6) is 0.770. The van der Waals surface area contributed by atoms with Crippen LogP contribution in [0.5, 0.6) is 0 Å². The second kappa shape index (κ2) is 3.78. The summed E-state index contributed by atoms with van der Waals surface area (Å²) in [6.45, 7) is 2.25. The van der Waals surface area contributed by atoms with E-state index in [9.17, 15) is 0 Å². The summed E-state index contributed by atoms with van der Waals surface area (Å²) in [7, 11) is 0. The van der Waals surface area contributed by atoms with E-state index in [4.69, 9.17) is 0 Å². The third kappa shape index (κ3) is 2.00. The Kier molecular flexibility index (Phi) is 2.49. The minimum Gasteiger partial charge on any atom is -0.0856 e. The fourth-order valence-electron chi connectivity index (χ4n) is 2.11. The maximum absolute atomic E-state index is 2.37. The second-order valence-corrected chi connectivity index (χ2v) is 3.94. The van der Waals surface area contributed by atoms with Crippen LogP contribution in [0.4, 0.5) is 0 Å². The van der Waals surface area contributed by atoms with E-state index in [1.165, 1.54) is 24.8 Å². The molecule has 0 bridgehead atoms. The van der Waals surface area contributed by atoms with Crippen LogP contribution in [-0.2, 0) is 0 Å². The Morgan fingerprint density at radius 1 is 1.15 bits per heavy atom. The molecule has 0 N–H and O–H groups in total. The molecule has 0 spiro atoms. The summed E-state index contributed by atoms with van der Waals surface area (Å²) in [6.07, 6.45) is 6.20. The molecule has 0 saturated heterocycles. The van der Waals surface area contributed by atoms with E-state index in [1.807, 2.05) is 0 Å². The van der Waals surface area contributed by atoms with Crippen molar-refractivity contribution in [3.05, 3.63) is 47.5 Å². The molecule has 0 fully saturated rings. The van der Waals surface area contributed by atoms with Crippen molar-refractivity contribution in [2.24, 2.45) is 0 Å². The normalized spacial score (nSPS) is 22.5. The average molecular weight is 172 g/mol. The molecule has 1 aliphatic carbocycles. The summed E-state index contributed by atoms with van der Waals surface area (Å²) in [6, 6.07) is 10.9. The summed E-state index contributed by atoms with van der Waals surface area (Å²) < 4.78 is 0. The van der Waals surface area contributed by atoms with Gasteiger partial charge in [0.1, 0.15) is 0 Å². The molecule has 1 atom stereocenters. The van der Waals surface area contributed by atoms with E-state index in [1.54, 1.807) is 5.57 Å². The van der Waals surface area contributed by atoms with Gasteiger partial charge in [0, 0.05) is 0 Å². The highest BCUT2D eigenvalue weighted by molar-refractivity contribution is 5.23. The van der Waals surface area contributed by atoms with E-state index < -0.39 is 0 Å². The molecule has 68 valence electrons. The van der Waals surface area contributed by atoms with Gasteiger partial charge in [0.25, 0.3) is 0 Å². The van der Waals surface area contributed by atoms with E-state index >= 15 is 0 Å². The Balaban J connectivity index is 2.15. The summed E-state index contributed by atoms with van der Waals surface area (Å²) in [5, 5.41) is 0. The van der Waals surface area contributed by atoms with Crippen molar-refractivity contribution in [1.29, 1.82) is 0 Å². The summed E-state index contributed by atoms with van der Waals surface area (Å²) in [5.41, 5.74) is 3.06. The molecule has 0 aliphatic heterocycles. The lowest BCUT2D eigenvalue weighted by molar-refractivity contribution is 0.596. The molecule has 1 aliphatic rings. The molecule has 2 rings (SSSR count). The first-order chi connectivity index (χ1) is 6.36. The quantitative estimate of drug-likeness (QED) is 0.563. The van der Waals surface area contributed by atoms with Crippen LogP contribution in [0.15, 0.2) is 42.0 Å². The topological polar surface area (TPSA) is 0 Å². The lowest BCUT2D eigenvalue weighted by Gasteiger charge is -2.21. The van der Waals surface area contributed by atoms with Gasteiger partial charge in [-0.2, -0.15) is 0 Å². The zero-order chi connectivity index (χ0) is 9.10. The largest absolute Gasteiger partial charge is 0.0856 e. The van der Waals surface area contributed by atoms with E-state index in [2.05, 4.69) is 43.3 Å². The van der Waals surface area contributed by atoms with Crippen molar-refractivity contribution in [3.63, 3.8) is 0 Å². The predicted octanol–water partition coefficient (Wildman–Crippen LogP) is 3.90. The number of allylic oxidation sites excluding steroid dienone is 2. The third-order valence-electron chi connectivity index (χ3n) is 2.85. The number of benzene rings is 1. The molecule has 13 heavy (non-hydrogen) atoms. The Labute approximate surface area is 80.3 Å². The van der Waals surface area contributed by atoms with Crippen molar-refractivity contribution < 1.29 is 0 Å². The van der Waals surface area contributed by atoms with Crippen molar-refractivity contribution in [2.75, 3.05) is 0 Å². The zero-order valence-corrected chi connectivity index (χ0v) is 8.16. The highest BCUT2D eigenvalue weighted by Gasteiger charge is 2.14. The van der Waals surface area contributed by atoms with Crippen LogP contribution < -0.4 is 0 Å². The number of rotatable bonds is 1. The molecule has 0 heteroatoms. The van der Waals surface area contributed by atoms with Gasteiger partial charge < -0.3 is 0 Å². The molecule has 0 nitrogen and oxygen atoms in total. The fraction of sp³-hybridized carbons (Fsp3) is 0.385. The van der Waals surface area contributed by atoms with Gasteiger partial charge in [0.05, 0.1) is 0 Å². The van der Waals surface area contributed by atoms with E-state index in [0.717, 1.165) is 5.92 Å². The van der Waals surface area contributed by atoms with Gasteiger partial charge in [-0.05, 0) is 37.7 Å². The Hall–Kier alpha value is -1.04. The van der Waals surface area contributed by atoms with Crippen LogP contribution in [0.2, 0.25) is 0 Å². The van der Waals surface area contributed by atoms with Crippen LogP contribution >= 0.6 is 0 Å². The highest BCUT2D eigenvalue weighted by atomic mass is 14.2. The fourth-order valence-corrected chi connectivity index (χ4v) is 2.11. The maximum atomic E-state index is 2.37. The van der Waals surface area contributed by atoms with Crippen molar-refractivity contribution in [3.8, 4) is 0 Å². The Morgan fingerprint density at radius 2 is 1.92 bits per heavy atom. The van der Waals surface area contributed by atoms with Crippen molar-refractivity contribution in [1.82, 2.24) is 0 Å². The molecule has 0 saturated carbocycles. The van der Waals surface area contributed by atoms with Crippen LogP contribution in [0.1, 0.15) is 37.7 Å². The van der Waals surface area contributed by atoms with Crippen LogP contribution in [0.3, 0.4) is 0 Å². The maximum Gasteiger partial charge on any atom is -0.0122 e. The van der Waals surface area contributed by atoms with Gasteiger partial charge in [0.15, 0.2) is 0 Å². The number of hydrogen-bond acceptors (Lipinski definition) is 0. The smallest absolute Gasteiger partial charge is 0.0122 e. The first-order valence-corrected chi connectivity index (χ1v) is 5.07. The summed E-state index contributed by atoms with van der Waals surface area (Å²) in [4.78, 5) is 0. The highest BCUT2D eigenvalue weighted by Crippen LogP contribution is 2.32. The lowest BCUT2D eigenvalue weighted by atomic mass is 9.84. The second-order valence-electron chi connectivity index (χ2n) is 3.94. The van der Waals surface area contributed by atoms with Crippen molar-refractivity contribution in [2.45, 2.75) is 32.1 Å². The standard InChI is InChI=1S/C13H16/c1-11-6-5-9-13(10-11)12-7-3-2-4-8-12/h2-4,6-8,13H,5,9-10H2,1H3. The molecule has 0 heterocycles. The molecule has 1 aromatic rings. The summed E-state index contributed by atoms with van der Waals surface area (Å²) >= 11 is 0. The molecule has 1 aromatic carbocycles. The van der Waals surface area contributed by atoms with Gasteiger partial charge in [-0.1, -0.05) is 42.0 Å². The Morgan fingerprint density at radius 3 is 2.62 bits per heavy atom. The van der Waals surface area contributed by atoms with Gasteiger partial charge in [0.2, 0.25) is 0 Å². The molecule has 0 aromatic heterocycles. The van der Waals surface area contributed by atoms with Crippen LogP contribution in [0, 0.1) is 0 Å². The molecular weight excluding hydrogens is 156 g/mol. The monoisotopic (exact) mass is 172 g/mol.